The number of nitro benzene ring substituents is 1. The molecule has 0 radical (unpaired) electrons. The van der Waals surface area contributed by atoms with Crippen LogP contribution in [0.15, 0.2) is 123 Å². The first-order valence-corrected chi connectivity index (χ1v) is 11.8. The third-order valence-corrected chi connectivity index (χ3v) is 5.86. The first kappa shape index (κ1) is 25.0. The number of nitrogens with zero attached hydrogens (tertiary/aromatic N) is 5. The predicted octanol–water partition coefficient (Wildman–Crippen LogP) is 8.08. The van der Waals surface area contributed by atoms with Crippen LogP contribution >= 0.6 is 0 Å². The number of rotatable bonds is 7. The maximum absolute atomic E-state index is 10.8. The average Bonchev–Trinajstić information content (AvgIpc) is 2.96. The van der Waals surface area contributed by atoms with E-state index in [0.29, 0.717) is 33.9 Å². The summed E-state index contributed by atoms with van der Waals surface area (Å²) < 4.78 is 0. The van der Waals surface area contributed by atoms with Crippen LogP contribution in [0.5, 0.6) is 11.5 Å². The topological polar surface area (TPSA) is 133 Å². The zero-order valence-corrected chi connectivity index (χ0v) is 20.4. The van der Waals surface area contributed by atoms with Gasteiger partial charge in [-0.3, -0.25) is 20.1 Å². The van der Waals surface area contributed by atoms with Crippen molar-refractivity contribution in [3.63, 3.8) is 0 Å². The van der Waals surface area contributed by atoms with Crippen LogP contribution in [0.1, 0.15) is 11.1 Å². The molecular formula is C30H21N5O4. The quantitative estimate of drug-likeness (QED) is 0.0980. The summed E-state index contributed by atoms with van der Waals surface area (Å²) in [4.78, 5) is 19.4. The molecule has 0 bridgehead atoms. The minimum Gasteiger partial charge on any atom is -0.507 e. The van der Waals surface area contributed by atoms with Crippen molar-refractivity contribution >= 4 is 51.6 Å². The van der Waals surface area contributed by atoms with Crippen molar-refractivity contribution in [2.24, 2.45) is 20.2 Å². The number of nitro groups is 1. The summed E-state index contributed by atoms with van der Waals surface area (Å²) in [6, 6.07) is 28.9. The number of azo groups is 1. The molecule has 0 saturated heterocycles. The molecule has 5 aromatic carbocycles. The molecule has 0 aliphatic heterocycles. The highest BCUT2D eigenvalue weighted by molar-refractivity contribution is 6.03. The van der Waals surface area contributed by atoms with Crippen LogP contribution in [0, 0.1) is 10.1 Å². The van der Waals surface area contributed by atoms with E-state index in [1.54, 1.807) is 36.5 Å². The summed E-state index contributed by atoms with van der Waals surface area (Å²) >= 11 is 0. The summed E-state index contributed by atoms with van der Waals surface area (Å²) in [5.41, 5.74) is 3.05. The Kier molecular flexibility index (Phi) is 7.13. The summed E-state index contributed by atoms with van der Waals surface area (Å²) in [5, 5.41) is 41.7. The Morgan fingerprint density at radius 1 is 0.667 bits per heavy atom. The third kappa shape index (κ3) is 5.83. The number of phenolic OH excluding ortho intramolecular Hbond substituents is 2. The molecular weight excluding hydrogens is 494 g/mol. The molecule has 5 aromatic rings. The lowest BCUT2D eigenvalue weighted by molar-refractivity contribution is -0.384. The predicted molar refractivity (Wildman–Crippen MR) is 152 cm³/mol. The van der Waals surface area contributed by atoms with E-state index in [-0.39, 0.29) is 17.2 Å². The Balaban J connectivity index is 1.39. The molecule has 9 nitrogen and oxygen atoms in total. The highest BCUT2D eigenvalue weighted by Crippen LogP contribution is 2.31. The minimum absolute atomic E-state index is 0.00898. The number of phenols is 2. The van der Waals surface area contributed by atoms with Crippen LogP contribution in [0.4, 0.5) is 28.4 Å². The maximum atomic E-state index is 10.8. The SMILES string of the molecule is O=[N+]([O-])c1ccc(N=Nc2ccc(O)c(C=Nc3ccccc3N=Cc3c(O)ccc4ccccc34)c2)cc1. The summed E-state index contributed by atoms with van der Waals surface area (Å²) in [6.45, 7) is 0. The summed E-state index contributed by atoms with van der Waals surface area (Å²) in [7, 11) is 0. The second-order valence-corrected chi connectivity index (χ2v) is 8.44. The van der Waals surface area contributed by atoms with Crippen molar-refractivity contribution in [3.05, 3.63) is 124 Å². The molecule has 39 heavy (non-hydrogen) atoms. The molecule has 190 valence electrons. The van der Waals surface area contributed by atoms with Gasteiger partial charge in [0.1, 0.15) is 11.5 Å². The fourth-order valence-corrected chi connectivity index (χ4v) is 3.84. The molecule has 0 spiro atoms. The molecule has 9 heteroatoms. The first-order valence-electron chi connectivity index (χ1n) is 11.8. The van der Waals surface area contributed by atoms with Crippen molar-refractivity contribution < 1.29 is 15.1 Å². The Labute approximate surface area is 222 Å². The number of benzene rings is 5. The van der Waals surface area contributed by atoms with Gasteiger partial charge in [-0.15, -0.1) is 0 Å². The molecule has 0 unspecified atom stereocenters. The van der Waals surface area contributed by atoms with E-state index in [4.69, 9.17) is 0 Å². The van der Waals surface area contributed by atoms with Gasteiger partial charge in [0, 0.05) is 35.7 Å². The van der Waals surface area contributed by atoms with E-state index in [1.807, 2.05) is 42.5 Å². The average molecular weight is 516 g/mol. The largest absolute Gasteiger partial charge is 0.507 e. The molecule has 0 saturated carbocycles. The first-order chi connectivity index (χ1) is 19.0. The Bertz CT molecular complexity index is 1760. The van der Waals surface area contributed by atoms with Gasteiger partial charge in [0.05, 0.1) is 27.7 Å². The van der Waals surface area contributed by atoms with Crippen molar-refractivity contribution in [1.29, 1.82) is 0 Å². The number of aliphatic imine (C=N–C) groups is 2. The van der Waals surface area contributed by atoms with Gasteiger partial charge in [-0.2, -0.15) is 10.2 Å². The second-order valence-electron chi connectivity index (χ2n) is 8.44. The van der Waals surface area contributed by atoms with Gasteiger partial charge in [0.15, 0.2) is 0 Å². The smallest absolute Gasteiger partial charge is 0.269 e. The number of hydrogen-bond donors (Lipinski definition) is 2. The molecule has 2 N–H and O–H groups in total. The normalized spacial score (nSPS) is 11.7. The molecule has 0 aliphatic carbocycles. The van der Waals surface area contributed by atoms with Crippen molar-refractivity contribution in [1.82, 2.24) is 0 Å². The van der Waals surface area contributed by atoms with Gasteiger partial charge in [-0.25, -0.2) is 0 Å². The summed E-state index contributed by atoms with van der Waals surface area (Å²) in [5.74, 6) is 0.137. The van der Waals surface area contributed by atoms with Crippen LogP contribution in [0.3, 0.4) is 0 Å². The Morgan fingerprint density at radius 3 is 2.03 bits per heavy atom. The number of non-ortho nitro benzene ring substituents is 1. The summed E-state index contributed by atoms with van der Waals surface area (Å²) in [6.07, 6.45) is 3.12. The van der Waals surface area contributed by atoms with Gasteiger partial charge in [0.25, 0.3) is 5.69 Å². The monoisotopic (exact) mass is 515 g/mol. The molecule has 0 aromatic heterocycles. The van der Waals surface area contributed by atoms with E-state index < -0.39 is 4.92 Å². The molecule has 5 rings (SSSR count). The van der Waals surface area contributed by atoms with Gasteiger partial charge >= 0.3 is 0 Å². The number of hydrogen-bond acceptors (Lipinski definition) is 8. The fraction of sp³-hybridized carbons (Fsp3) is 0. The third-order valence-electron chi connectivity index (χ3n) is 5.86. The lowest BCUT2D eigenvalue weighted by atomic mass is 10.0. The van der Waals surface area contributed by atoms with Crippen molar-refractivity contribution in [2.45, 2.75) is 0 Å². The Morgan fingerprint density at radius 2 is 1.28 bits per heavy atom. The fourth-order valence-electron chi connectivity index (χ4n) is 3.84. The number of fused-ring (bicyclic) bond motifs is 1. The molecule has 0 atom stereocenters. The van der Waals surface area contributed by atoms with Crippen LogP contribution in [0.2, 0.25) is 0 Å². The van der Waals surface area contributed by atoms with Gasteiger partial charge in [0.2, 0.25) is 0 Å². The number of para-hydroxylation sites is 2. The van der Waals surface area contributed by atoms with E-state index in [0.717, 1.165) is 10.8 Å². The van der Waals surface area contributed by atoms with Crippen LogP contribution in [0.25, 0.3) is 10.8 Å². The Hall–Kier alpha value is -5.70. The molecule has 0 amide bonds. The van der Waals surface area contributed by atoms with Gasteiger partial charge in [-0.1, -0.05) is 42.5 Å². The van der Waals surface area contributed by atoms with Crippen molar-refractivity contribution in [2.75, 3.05) is 0 Å². The van der Waals surface area contributed by atoms with Gasteiger partial charge < -0.3 is 10.2 Å². The van der Waals surface area contributed by atoms with Gasteiger partial charge in [-0.05, 0) is 59.3 Å². The van der Waals surface area contributed by atoms with Crippen LogP contribution in [-0.4, -0.2) is 27.6 Å². The maximum Gasteiger partial charge on any atom is 0.269 e. The molecule has 0 heterocycles. The van der Waals surface area contributed by atoms with E-state index in [9.17, 15) is 20.3 Å². The lowest BCUT2D eigenvalue weighted by Gasteiger charge is -2.05. The van der Waals surface area contributed by atoms with Crippen molar-refractivity contribution in [3.8, 4) is 11.5 Å². The number of aromatic hydroxyl groups is 2. The minimum atomic E-state index is -0.483. The van der Waals surface area contributed by atoms with E-state index in [2.05, 4.69) is 20.2 Å². The zero-order valence-electron chi connectivity index (χ0n) is 20.4. The standard InChI is InChI=1S/C30H21N5O4/c36-29-16-12-23(34-33-22-10-13-24(14-11-22)35(38)39)17-21(29)18-31-27-7-3-4-8-28(27)32-19-26-25-6-2-1-5-20(25)9-15-30(26)37/h1-19,36-37H. The van der Waals surface area contributed by atoms with E-state index >= 15 is 0 Å². The highest BCUT2D eigenvalue weighted by atomic mass is 16.6. The van der Waals surface area contributed by atoms with Crippen LogP contribution < -0.4 is 0 Å². The zero-order chi connectivity index (χ0) is 27.2. The van der Waals surface area contributed by atoms with E-state index in [1.165, 1.54) is 36.5 Å². The molecule has 0 aliphatic rings. The second kappa shape index (κ2) is 11.1. The van der Waals surface area contributed by atoms with Crippen LogP contribution in [-0.2, 0) is 0 Å². The highest BCUT2D eigenvalue weighted by Gasteiger charge is 2.07. The lowest BCUT2D eigenvalue weighted by Crippen LogP contribution is -1.86. The molecule has 0 fully saturated rings.